The van der Waals surface area contributed by atoms with E-state index in [1.807, 2.05) is 36.4 Å². The Morgan fingerprint density at radius 1 is 1.10 bits per heavy atom. The summed E-state index contributed by atoms with van der Waals surface area (Å²) >= 11 is 6.04. The molecule has 0 saturated carbocycles. The summed E-state index contributed by atoms with van der Waals surface area (Å²) in [6.07, 6.45) is 0. The van der Waals surface area contributed by atoms with Crippen molar-refractivity contribution in [1.29, 1.82) is 0 Å². The van der Waals surface area contributed by atoms with Crippen molar-refractivity contribution >= 4 is 23.2 Å². The van der Waals surface area contributed by atoms with Gasteiger partial charge in [-0.05, 0) is 42.9 Å². The molecule has 3 aromatic rings. The van der Waals surface area contributed by atoms with Crippen LogP contribution in [0.15, 0.2) is 54.6 Å². The van der Waals surface area contributed by atoms with Crippen LogP contribution in [0, 0.1) is 0 Å². The Hall–Kier alpha value is -2.67. The number of benzene rings is 2. The molecule has 2 heterocycles. The first-order valence-electron chi connectivity index (χ1n) is 9.69. The van der Waals surface area contributed by atoms with Gasteiger partial charge in [-0.15, -0.1) is 0 Å². The molecule has 1 saturated heterocycles. The second-order valence-corrected chi connectivity index (χ2v) is 7.85. The highest BCUT2D eigenvalue weighted by molar-refractivity contribution is 6.30. The van der Waals surface area contributed by atoms with Crippen LogP contribution in [0.3, 0.4) is 0 Å². The molecule has 7 heteroatoms. The largest absolute Gasteiger partial charge is 0.321 e. The Morgan fingerprint density at radius 2 is 1.90 bits per heavy atom. The Morgan fingerprint density at radius 3 is 2.69 bits per heavy atom. The third-order valence-corrected chi connectivity index (χ3v) is 5.36. The van der Waals surface area contributed by atoms with Crippen LogP contribution in [0.25, 0.3) is 11.3 Å². The van der Waals surface area contributed by atoms with Crippen LogP contribution >= 0.6 is 11.6 Å². The average Bonchev–Trinajstić information content (AvgIpc) is 3.21. The summed E-state index contributed by atoms with van der Waals surface area (Å²) in [5.74, 6) is -0.220. The molecule has 0 unspecified atom stereocenters. The predicted octanol–water partition coefficient (Wildman–Crippen LogP) is 3.73. The molecule has 0 spiro atoms. The van der Waals surface area contributed by atoms with E-state index in [0.717, 1.165) is 44.0 Å². The molecule has 1 aromatic heterocycles. The van der Waals surface area contributed by atoms with E-state index in [1.54, 1.807) is 12.1 Å². The lowest BCUT2D eigenvalue weighted by Crippen LogP contribution is -2.43. The lowest BCUT2D eigenvalue weighted by atomic mass is 10.1. The fourth-order valence-corrected chi connectivity index (χ4v) is 3.63. The minimum absolute atomic E-state index is 0.220. The summed E-state index contributed by atoms with van der Waals surface area (Å²) in [7, 11) is 2.15. The van der Waals surface area contributed by atoms with E-state index in [9.17, 15) is 4.79 Å². The van der Waals surface area contributed by atoms with Gasteiger partial charge in [-0.25, -0.2) is 0 Å². The first-order valence-corrected chi connectivity index (χ1v) is 10.1. The van der Waals surface area contributed by atoms with Gasteiger partial charge in [0.25, 0.3) is 5.91 Å². The molecular formula is C22H24ClN5O. The van der Waals surface area contributed by atoms with E-state index in [-0.39, 0.29) is 5.91 Å². The highest BCUT2D eigenvalue weighted by Gasteiger charge is 2.15. The van der Waals surface area contributed by atoms with Gasteiger partial charge in [-0.1, -0.05) is 35.9 Å². The van der Waals surface area contributed by atoms with Crippen LogP contribution in [0.5, 0.6) is 0 Å². The van der Waals surface area contributed by atoms with E-state index in [0.29, 0.717) is 16.4 Å². The SMILES string of the molecule is CN1CCN(Cc2cccc(NC(=O)c3cc(-c4cccc(Cl)c4)n[nH]3)c2)CC1. The van der Waals surface area contributed by atoms with E-state index >= 15 is 0 Å². The number of carbonyl (C=O) groups excluding carboxylic acids is 1. The zero-order valence-electron chi connectivity index (χ0n) is 16.4. The van der Waals surface area contributed by atoms with Gasteiger partial charge in [0, 0.05) is 49.0 Å². The fourth-order valence-electron chi connectivity index (χ4n) is 3.44. The molecule has 2 N–H and O–H groups in total. The number of nitrogens with one attached hydrogen (secondary N) is 2. The second kappa shape index (κ2) is 8.78. The molecule has 150 valence electrons. The van der Waals surface area contributed by atoms with Crippen molar-refractivity contribution in [3.05, 3.63) is 70.9 Å². The topological polar surface area (TPSA) is 64.3 Å². The number of hydrogen-bond acceptors (Lipinski definition) is 4. The zero-order valence-corrected chi connectivity index (χ0v) is 17.1. The van der Waals surface area contributed by atoms with E-state index < -0.39 is 0 Å². The molecule has 0 bridgehead atoms. The maximum absolute atomic E-state index is 12.6. The molecule has 1 aliphatic rings. The van der Waals surface area contributed by atoms with Gasteiger partial charge in [0.15, 0.2) is 0 Å². The Balaban J connectivity index is 1.41. The van der Waals surface area contributed by atoms with E-state index in [2.05, 4.69) is 38.4 Å². The number of halogens is 1. The summed E-state index contributed by atoms with van der Waals surface area (Å²) < 4.78 is 0. The van der Waals surface area contributed by atoms with Gasteiger partial charge < -0.3 is 10.2 Å². The minimum atomic E-state index is -0.220. The van der Waals surface area contributed by atoms with Gasteiger partial charge in [-0.2, -0.15) is 5.10 Å². The quantitative estimate of drug-likeness (QED) is 0.674. The maximum Gasteiger partial charge on any atom is 0.273 e. The highest BCUT2D eigenvalue weighted by Crippen LogP contribution is 2.22. The summed E-state index contributed by atoms with van der Waals surface area (Å²) in [4.78, 5) is 17.4. The number of H-pyrrole nitrogens is 1. The molecule has 1 amide bonds. The Labute approximate surface area is 175 Å². The van der Waals surface area contributed by atoms with Crippen LogP contribution in [0.2, 0.25) is 5.02 Å². The number of piperazine rings is 1. The number of rotatable bonds is 5. The van der Waals surface area contributed by atoms with Crippen molar-refractivity contribution < 1.29 is 4.79 Å². The van der Waals surface area contributed by atoms with Crippen LogP contribution in [0.1, 0.15) is 16.1 Å². The van der Waals surface area contributed by atoms with Crippen LogP contribution in [-0.2, 0) is 6.54 Å². The molecule has 6 nitrogen and oxygen atoms in total. The van der Waals surface area contributed by atoms with Crippen LogP contribution in [0.4, 0.5) is 5.69 Å². The monoisotopic (exact) mass is 409 g/mol. The lowest BCUT2D eigenvalue weighted by molar-refractivity contribution is 0.102. The van der Waals surface area contributed by atoms with E-state index in [1.165, 1.54) is 5.56 Å². The summed E-state index contributed by atoms with van der Waals surface area (Å²) in [5, 5.41) is 10.6. The summed E-state index contributed by atoms with van der Waals surface area (Å²) in [5.41, 5.74) is 3.92. The Bertz CT molecular complexity index is 994. The Kier molecular flexibility index (Phi) is 5.94. The van der Waals surface area contributed by atoms with Gasteiger partial charge in [0.1, 0.15) is 5.69 Å². The van der Waals surface area contributed by atoms with Gasteiger partial charge in [0.2, 0.25) is 0 Å². The van der Waals surface area contributed by atoms with Gasteiger partial charge in [-0.3, -0.25) is 14.8 Å². The number of aromatic nitrogens is 2. The van der Waals surface area contributed by atoms with Gasteiger partial charge in [0.05, 0.1) is 5.69 Å². The molecule has 0 atom stereocenters. The highest BCUT2D eigenvalue weighted by atomic mass is 35.5. The lowest BCUT2D eigenvalue weighted by Gasteiger charge is -2.32. The number of likely N-dealkylation sites (N-methyl/N-ethyl adjacent to an activating group) is 1. The van der Waals surface area contributed by atoms with Crippen molar-refractivity contribution in [2.45, 2.75) is 6.54 Å². The number of hydrogen-bond donors (Lipinski definition) is 2. The smallest absolute Gasteiger partial charge is 0.273 e. The summed E-state index contributed by atoms with van der Waals surface area (Å²) in [6, 6.07) is 17.1. The molecule has 1 fully saturated rings. The second-order valence-electron chi connectivity index (χ2n) is 7.41. The summed E-state index contributed by atoms with van der Waals surface area (Å²) in [6.45, 7) is 5.19. The fraction of sp³-hybridized carbons (Fsp3) is 0.273. The van der Waals surface area contributed by atoms with Crippen molar-refractivity contribution in [3.8, 4) is 11.3 Å². The number of carbonyl (C=O) groups is 1. The third-order valence-electron chi connectivity index (χ3n) is 5.13. The normalized spacial score (nSPS) is 15.4. The van der Waals surface area contributed by atoms with Crippen LogP contribution < -0.4 is 5.32 Å². The molecule has 0 aliphatic carbocycles. The molecular weight excluding hydrogens is 386 g/mol. The van der Waals surface area contributed by atoms with Crippen molar-refractivity contribution in [2.24, 2.45) is 0 Å². The minimum Gasteiger partial charge on any atom is -0.321 e. The van der Waals surface area contributed by atoms with E-state index in [4.69, 9.17) is 11.6 Å². The van der Waals surface area contributed by atoms with Crippen molar-refractivity contribution in [1.82, 2.24) is 20.0 Å². The average molecular weight is 410 g/mol. The number of aromatic amines is 1. The molecule has 4 rings (SSSR count). The number of anilines is 1. The standard InChI is InChI=1S/C22H24ClN5O/c1-27-8-10-28(11-9-27)15-16-4-2-7-19(12-16)24-22(29)21-14-20(25-26-21)17-5-3-6-18(23)13-17/h2-7,12-14H,8-11,15H2,1H3,(H,24,29)(H,25,26). The predicted molar refractivity (Wildman–Crippen MR) is 116 cm³/mol. The first-order chi connectivity index (χ1) is 14.1. The van der Waals surface area contributed by atoms with Crippen molar-refractivity contribution in [2.75, 3.05) is 38.5 Å². The first kappa shape index (κ1) is 19.6. The molecule has 0 radical (unpaired) electrons. The maximum atomic E-state index is 12.6. The third kappa shape index (κ3) is 5.03. The van der Waals surface area contributed by atoms with Crippen molar-refractivity contribution in [3.63, 3.8) is 0 Å². The zero-order chi connectivity index (χ0) is 20.2. The van der Waals surface area contributed by atoms with Gasteiger partial charge >= 0.3 is 0 Å². The molecule has 29 heavy (non-hydrogen) atoms. The number of nitrogens with zero attached hydrogens (tertiary/aromatic N) is 3. The number of amides is 1. The van der Waals surface area contributed by atoms with Crippen LogP contribution in [-0.4, -0.2) is 59.1 Å². The molecule has 2 aromatic carbocycles. The molecule has 1 aliphatic heterocycles.